The van der Waals surface area contributed by atoms with Gasteiger partial charge in [-0.15, -0.1) is 11.3 Å². The molecule has 0 unspecified atom stereocenters. The molecule has 2 aromatic carbocycles. The molecule has 0 saturated heterocycles. The van der Waals surface area contributed by atoms with E-state index in [4.69, 9.17) is 0 Å². The molecule has 0 amide bonds. The maximum Gasteiger partial charge on any atom is 0.203 e. The topological polar surface area (TPSA) is 37.3 Å². The summed E-state index contributed by atoms with van der Waals surface area (Å²) in [5.41, 5.74) is 8.38. The van der Waals surface area contributed by atoms with Crippen LogP contribution in [0, 0.1) is 6.92 Å². The van der Waals surface area contributed by atoms with Gasteiger partial charge in [-0.2, -0.15) is 5.10 Å². The predicted octanol–water partition coefficient (Wildman–Crippen LogP) is 5.72. The molecule has 116 valence electrons. The summed E-state index contributed by atoms with van der Waals surface area (Å²) in [5.74, 6) is 0. The first-order valence-electron chi connectivity index (χ1n) is 7.20. The van der Waals surface area contributed by atoms with Crippen molar-refractivity contribution in [2.75, 3.05) is 5.43 Å². The molecule has 3 nitrogen and oxygen atoms in total. The fourth-order valence-corrected chi connectivity index (χ4v) is 3.00. The predicted molar refractivity (Wildman–Crippen MR) is 102 cm³/mol. The Bertz CT molecular complexity index is 820. The average molecular weight is 386 g/mol. The van der Waals surface area contributed by atoms with Gasteiger partial charge in [-0.05, 0) is 31.5 Å². The minimum absolute atomic E-state index is 0.786. The summed E-state index contributed by atoms with van der Waals surface area (Å²) in [6.45, 7) is 4.06. The zero-order valence-electron chi connectivity index (χ0n) is 12.9. The van der Waals surface area contributed by atoms with Crippen LogP contribution in [0.1, 0.15) is 18.1 Å². The lowest BCUT2D eigenvalue weighted by molar-refractivity contribution is 1.27. The number of benzene rings is 2. The van der Waals surface area contributed by atoms with Crippen molar-refractivity contribution < 1.29 is 0 Å². The molecular formula is C18H16BrN3S. The minimum atomic E-state index is 0.786. The number of halogens is 1. The molecule has 0 fully saturated rings. The highest BCUT2D eigenvalue weighted by molar-refractivity contribution is 9.10. The molecule has 5 heteroatoms. The number of aryl methyl sites for hydroxylation is 1. The van der Waals surface area contributed by atoms with Crippen LogP contribution in [-0.4, -0.2) is 10.7 Å². The molecule has 3 aromatic rings. The van der Waals surface area contributed by atoms with E-state index in [1.807, 2.05) is 36.6 Å². The number of thiazole rings is 1. The highest BCUT2D eigenvalue weighted by Gasteiger charge is 2.04. The molecule has 0 spiro atoms. The van der Waals surface area contributed by atoms with E-state index >= 15 is 0 Å². The maximum absolute atomic E-state index is 4.57. The van der Waals surface area contributed by atoms with E-state index < -0.39 is 0 Å². The molecule has 1 heterocycles. The van der Waals surface area contributed by atoms with Crippen LogP contribution >= 0.6 is 27.3 Å². The van der Waals surface area contributed by atoms with E-state index in [-0.39, 0.29) is 0 Å². The molecule has 0 bridgehead atoms. The SMILES string of the molecule is C/C(=N\Nc1nc(-c2ccc(Br)cc2)cs1)c1ccc(C)cc1. The van der Waals surface area contributed by atoms with E-state index in [0.29, 0.717) is 0 Å². The molecule has 1 aromatic heterocycles. The number of aromatic nitrogens is 1. The van der Waals surface area contributed by atoms with Crippen molar-refractivity contribution >= 4 is 38.1 Å². The number of nitrogens with zero attached hydrogens (tertiary/aromatic N) is 2. The lowest BCUT2D eigenvalue weighted by atomic mass is 10.1. The smallest absolute Gasteiger partial charge is 0.203 e. The number of anilines is 1. The van der Waals surface area contributed by atoms with Gasteiger partial charge >= 0.3 is 0 Å². The second-order valence-electron chi connectivity index (χ2n) is 5.22. The van der Waals surface area contributed by atoms with Gasteiger partial charge in [0, 0.05) is 15.4 Å². The molecule has 0 aliphatic carbocycles. The van der Waals surface area contributed by atoms with E-state index in [2.05, 4.69) is 62.6 Å². The third-order valence-electron chi connectivity index (χ3n) is 3.43. The van der Waals surface area contributed by atoms with Gasteiger partial charge in [0.15, 0.2) is 0 Å². The standard InChI is InChI=1S/C18H16BrN3S/c1-12-3-5-14(6-4-12)13(2)21-22-18-20-17(11-23-18)15-7-9-16(19)10-8-15/h3-11H,1-2H3,(H,20,22)/b21-13+. The third kappa shape index (κ3) is 4.06. The molecule has 0 aliphatic rings. The van der Waals surface area contributed by atoms with E-state index in [1.54, 1.807) is 11.3 Å². The van der Waals surface area contributed by atoms with Gasteiger partial charge in [-0.25, -0.2) is 4.98 Å². The zero-order valence-corrected chi connectivity index (χ0v) is 15.3. The van der Waals surface area contributed by atoms with Crippen LogP contribution in [0.15, 0.2) is 63.5 Å². The van der Waals surface area contributed by atoms with Crippen LogP contribution in [0.2, 0.25) is 0 Å². The Morgan fingerprint density at radius 2 is 1.78 bits per heavy atom. The highest BCUT2D eigenvalue weighted by atomic mass is 79.9. The van der Waals surface area contributed by atoms with Crippen LogP contribution in [0.4, 0.5) is 5.13 Å². The van der Waals surface area contributed by atoms with Crippen LogP contribution in [-0.2, 0) is 0 Å². The number of hydrazone groups is 1. The van der Waals surface area contributed by atoms with Crippen molar-refractivity contribution in [1.82, 2.24) is 4.98 Å². The van der Waals surface area contributed by atoms with Gasteiger partial charge in [-0.1, -0.05) is 57.9 Å². The first-order chi connectivity index (χ1) is 11.1. The van der Waals surface area contributed by atoms with Crippen molar-refractivity contribution in [3.8, 4) is 11.3 Å². The molecular weight excluding hydrogens is 370 g/mol. The Labute approximate surface area is 148 Å². The van der Waals surface area contributed by atoms with Crippen LogP contribution in [0.25, 0.3) is 11.3 Å². The van der Waals surface area contributed by atoms with Crippen molar-refractivity contribution in [2.45, 2.75) is 13.8 Å². The second-order valence-corrected chi connectivity index (χ2v) is 6.99. The third-order valence-corrected chi connectivity index (χ3v) is 4.71. The average Bonchev–Trinajstić information content (AvgIpc) is 3.03. The fourth-order valence-electron chi connectivity index (χ4n) is 2.07. The normalized spacial score (nSPS) is 11.5. The van der Waals surface area contributed by atoms with Gasteiger partial charge in [0.1, 0.15) is 0 Å². The molecule has 23 heavy (non-hydrogen) atoms. The Kier molecular flexibility index (Phi) is 4.88. The summed E-state index contributed by atoms with van der Waals surface area (Å²) in [4.78, 5) is 4.57. The van der Waals surface area contributed by atoms with Gasteiger partial charge in [0.25, 0.3) is 0 Å². The summed E-state index contributed by atoms with van der Waals surface area (Å²) in [7, 11) is 0. The summed E-state index contributed by atoms with van der Waals surface area (Å²) in [6, 6.07) is 16.4. The van der Waals surface area contributed by atoms with Crippen molar-refractivity contribution in [3.05, 3.63) is 69.5 Å². The monoisotopic (exact) mass is 385 g/mol. The summed E-state index contributed by atoms with van der Waals surface area (Å²) >= 11 is 4.99. The number of hydrogen-bond acceptors (Lipinski definition) is 4. The Morgan fingerprint density at radius 3 is 2.48 bits per heavy atom. The molecule has 0 aliphatic heterocycles. The lowest BCUT2D eigenvalue weighted by Crippen LogP contribution is -1.99. The zero-order chi connectivity index (χ0) is 16.2. The Hall–Kier alpha value is -1.98. The molecule has 0 atom stereocenters. The summed E-state index contributed by atoms with van der Waals surface area (Å²) < 4.78 is 1.06. The quantitative estimate of drug-likeness (QED) is 0.460. The van der Waals surface area contributed by atoms with E-state index in [0.717, 1.165) is 32.1 Å². The van der Waals surface area contributed by atoms with Gasteiger partial charge in [0.05, 0.1) is 11.4 Å². The minimum Gasteiger partial charge on any atom is -0.252 e. The molecule has 0 saturated carbocycles. The van der Waals surface area contributed by atoms with Gasteiger partial charge < -0.3 is 0 Å². The van der Waals surface area contributed by atoms with Crippen molar-refractivity contribution in [1.29, 1.82) is 0 Å². The van der Waals surface area contributed by atoms with Crippen LogP contribution < -0.4 is 5.43 Å². The second kappa shape index (κ2) is 7.06. The molecule has 1 N–H and O–H groups in total. The Morgan fingerprint density at radius 1 is 1.09 bits per heavy atom. The summed E-state index contributed by atoms with van der Waals surface area (Å²) in [6.07, 6.45) is 0. The van der Waals surface area contributed by atoms with Crippen molar-refractivity contribution in [3.63, 3.8) is 0 Å². The van der Waals surface area contributed by atoms with E-state index in [1.165, 1.54) is 5.56 Å². The molecule has 3 rings (SSSR count). The Balaban J connectivity index is 1.72. The number of nitrogens with one attached hydrogen (secondary N) is 1. The fraction of sp³-hybridized carbons (Fsp3) is 0.111. The number of rotatable bonds is 4. The van der Waals surface area contributed by atoms with Crippen LogP contribution in [0.3, 0.4) is 0 Å². The van der Waals surface area contributed by atoms with E-state index in [9.17, 15) is 0 Å². The van der Waals surface area contributed by atoms with Crippen LogP contribution in [0.5, 0.6) is 0 Å². The van der Waals surface area contributed by atoms with Crippen molar-refractivity contribution in [2.24, 2.45) is 5.10 Å². The first-order valence-corrected chi connectivity index (χ1v) is 8.88. The molecule has 0 radical (unpaired) electrons. The highest BCUT2D eigenvalue weighted by Crippen LogP contribution is 2.26. The summed E-state index contributed by atoms with van der Waals surface area (Å²) in [5, 5.41) is 7.24. The first kappa shape index (κ1) is 15.9. The maximum atomic E-state index is 4.57. The number of hydrogen-bond donors (Lipinski definition) is 1. The largest absolute Gasteiger partial charge is 0.252 e. The van der Waals surface area contributed by atoms with Gasteiger partial charge in [0.2, 0.25) is 5.13 Å². The van der Waals surface area contributed by atoms with Gasteiger partial charge in [-0.3, -0.25) is 5.43 Å². The lowest BCUT2D eigenvalue weighted by Gasteiger charge is -2.02.